The molecule has 1 aromatic carbocycles. The molecule has 0 aliphatic carbocycles. The van der Waals surface area contributed by atoms with Gasteiger partial charge in [-0.25, -0.2) is 4.98 Å². The van der Waals surface area contributed by atoms with E-state index in [9.17, 15) is 4.79 Å². The number of amides is 1. The average molecular weight is 273 g/mol. The van der Waals surface area contributed by atoms with Gasteiger partial charge < -0.3 is 9.73 Å². The van der Waals surface area contributed by atoms with Crippen LogP contribution >= 0.6 is 0 Å². The number of nitrogens with zero attached hydrogens (tertiary/aromatic N) is 1. The maximum absolute atomic E-state index is 12.0. The van der Waals surface area contributed by atoms with E-state index in [1.54, 1.807) is 6.92 Å². The fraction of sp³-hybridized carbons (Fsp3) is 0.333. The summed E-state index contributed by atoms with van der Waals surface area (Å²) < 4.78 is 5.46. The maximum atomic E-state index is 12.0. The molecule has 5 heteroatoms. The number of oxazole rings is 1. The zero-order valence-electron chi connectivity index (χ0n) is 11.9. The Labute approximate surface area is 118 Å². The van der Waals surface area contributed by atoms with E-state index in [4.69, 9.17) is 4.42 Å². The second kappa shape index (κ2) is 6.34. The third-order valence-electron chi connectivity index (χ3n) is 3.07. The fourth-order valence-corrected chi connectivity index (χ4v) is 1.72. The Morgan fingerprint density at radius 1 is 1.30 bits per heavy atom. The molecule has 2 aromatic rings. The molecule has 0 saturated heterocycles. The van der Waals surface area contributed by atoms with E-state index in [2.05, 4.69) is 15.6 Å². The molecule has 1 amide bonds. The third kappa shape index (κ3) is 3.68. The van der Waals surface area contributed by atoms with Gasteiger partial charge >= 0.3 is 0 Å². The van der Waals surface area contributed by atoms with Crippen molar-refractivity contribution in [3.8, 4) is 0 Å². The van der Waals surface area contributed by atoms with Crippen LogP contribution in [0.2, 0.25) is 0 Å². The summed E-state index contributed by atoms with van der Waals surface area (Å²) >= 11 is 0. The number of para-hydroxylation sites is 1. The Balaban J connectivity index is 1.85. The van der Waals surface area contributed by atoms with Crippen LogP contribution in [0.15, 0.2) is 34.7 Å². The molecule has 5 nitrogen and oxygen atoms in total. The van der Waals surface area contributed by atoms with Crippen molar-refractivity contribution < 1.29 is 9.21 Å². The van der Waals surface area contributed by atoms with Gasteiger partial charge in [-0.05, 0) is 32.9 Å². The molecule has 0 saturated carbocycles. The molecule has 1 heterocycles. The zero-order valence-corrected chi connectivity index (χ0v) is 11.9. The van der Waals surface area contributed by atoms with Crippen LogP contribution in [0.3, 0.4) is 0 Å². The first kappa shape index (κ1) is 14.3. The van der Waals surface area contributed by atoms with Crippen molar-refractivity contribution in [3.63, 3.8) is 0 Å². The van der Waals surface area contributed by atoms with Gasteiger partial charge in [0.25, 0.3) is 0 Å². The van der Waals surface area contributed by atoms with Crippen molar-refractivity contribution in [3.05, 3.63) is 47.7 Å². The van der Waals surface area contributed by atoms with Gasteiger partial charge in [0.2, 0.25) is 11.8 Å². The molecule has 0 aliphatic rings. The van der Waals surface area contributed by atoms with Gasteiger partial charge in [-0.15, -0.1) is 0 Å². The van der Waals surface area contributed by atoms with Crippen molar-refractivity contribution in [1.29, 1.82) is 0 Å². The van der Waals surface area contributed by atoms with Crippen molar-refractivity contribution in [1.82, 2.24) is 10.3 Å². The van der Waals surface area contributed by atoms with Crippen LogP contribution in [0.5, 0.6) is 0 Å². The molecule has 2 rings (SSSR count). The van der Waals surface area contributed by atoms with E-state index in [1.807, 2.05) is 44.2 Å². The Morgan fingerprint density at radius 3 is 2.60 bits per heavy atom. The highest BCUT2D eigenvalue weighted by Gasteiger charge is 2.14. The number of rotatable bonds is 5. The number of anilines is 1. The minimum atomic E-state index is -0.331. The Bertz CT molecular complexity index is 559. The number of hydrogen-bond donors (Lipinski definition) is 2. The first-order valence-electron chi connectivity index (χ1n) is 6.58. The lowest BCUT2D eigenvalue weighted by atomic mass is 10.2. The van der Waals surface area contributed by atoms with E-state index in [1.165, 1.54) is 0 Å². The molecule has 0 radical (unpaired) electrons. The molecule has 20 heavy (non-hydrogen) atoms. The highest BCUT2D eigenvalue weighted by atomic mass is 16.4. The van der Waals surface area contributed by atoms with Gasteiger partial charge in [0.15, 0.2) is 0 Å². The highest BCUT2D eigenvalue weighted by Crippen LogP contribution is 2.09. The number of aromatic nitrogens is 1. The Kier molecular flexibility index (Phi) is 4.53. The van der Waals surface area contributed by atoms with Crippen LogP contribution in [0.25, 0.3) is 0 Å². The molecule has 0 bridgehead atoms. The SMILES string of the molecule is Cc1nc(CNC(C)C(=O)Nc2ccccc2)oc1C. The smallest absolute Gasteiger partial charge is 0.241 e. The summed E-state index contributed by atoms with van der Waals surface area (Å²) in [5.41, 5.74) is 1.66. The Hall–Kier alpha value is -2.14. The van der Waals surface area contributed by atoms with E-state index >= 15 is 0 Å². The number of hydrogen-bond acceptors (Lipinski definition) is 4. The number of carbonyl (C=O) groups excluding carboxylic acids is 1. The number of aryl methyl sites for hydroxylation is 2. The summed E-state index contributed by atoms with van der Waals surface area (Å²) in [5.74, 6) is 1.32. The van der Waals surface area contributed by atoms with Crippen LogP contribution in [0.4, 0.5) is 5.69 Å². The second-order valence-electron chi connectivity index (χ2n) is 4.71. The Morgan fingerprint density at radius 2 is 2.00 bits per heavy atom. The fourth-order valence-electron chi connectivity index (χ4n) is 1.72. The standard InChI is InChI=1S/C15H19N3O2/c1-10-12(3)20-14(17-10)9-16-11(2)15(19)18-13-7-5-4-6-8-13/h4-8,11,16H,9H2,1-3H3,(H,18,19). The van der Waals surface area contributed by atoms with Gasteiger partial charge in [-0.1, -0.05) is 18.2 Å². The maximum Gasteiger partial charge on any atom is 0.241 e. The summed E-state index contributed by atoms with van der Waals surface area (Å²) in [6.45, 7) is 6.00. The minimum Gasteiger partial charge on any atom is -0.444 e. The zero-order chi connectivity index (χ0) is 14.5. The molecule has 0 aliphatic heterocycles. The monoisotopic (exact) mass is 273 g/mol. The topological polar surface area (TPSA) is 67.2 Å². The quantitative estimate of drug-likeness (QED) is 0.878. The molecule has 2 N–H and O–H groups in total. The van der Waals surface area contributed by atoms with Crippen molar-refractivity contribution in [2.45, 2.75) is 33.4 Å². The number of nitrogens with one attached hydrogen (secondary N) is 2. The summed E-state index contributed by atoms with van der Waals surface area (Å²) in [6, 6.07) is 9.04. The molecule has 1 unspecified atom stereocenters. The van der Waals surface area contributed by atoms with E-state index in [-0.39, 0.29) is 11.9 Å². The lowest BCUT2D eigenvalue weighted by Crippen LogP contribution is -2.37. The molecular weight excluding hydrogens is 254 g/mol. The molecule has 0 spiro atoms. The van der Waals surface area contributed by atoms with Crippen molar-refractivity contribution >= 4 is 11.6 Å². The van der Waals surface area contributed by atoms with Crippen LogP contribution in [-0.2, 0) is 11.3 Å². The first-order chi connectivity index (χ1) is 9.56. The van der Waals surface area contributed by atoms with Crippen LogP contribution in [0.1, 0.15) is 24.3 Å². The molecule has 106 valence electrons. The number of carbonyl (C=O) groups is 1. The molecule has 1 aromatic heterocycles. The third-order valence-corrected chi connectivity index (χ3v) is 3.07. The van der Waals surface area contributed by atoms with Gasteiger partial charge in [0.05, 0.1) is 18.3 Å². The lowest BCUT2D eigenvalue weighted by molar-refractivity contribution is -0.117. The van der Waals surface area contributed by atoms with Gasteiger partial charge in [-0.3, -0.25) is 10.1 Å². The summed E-state index contributed by atoms with van der Waals surface area (Å²) in [7, 11) is 0. The lowest BCUT2D eigenvalue weighted by Gasteiger charge is -2.12. The molecular formula is C15H19N3O2. The first-order valence-corrected chi connectivity index (χ1v) is 6.58. The predicted molar refractivity (Wildman–Crippen MR) is 77.4 cm³/mol. The number of benzene rings is 1. The van der Waals surface area contributed by atoms with Crippen LogP contribution in [0, 0.1) is 13.8 Å². The van der Waals surface area contributed by atoms with Crippen molar-refractivity contribution in [2.75, 3.05) is 5.32 Å². The van der Waals surface area contributed by atoms with E-state index < -0.39 is 0 Å². The van der Waals surface area contributed by atoms with Gasteiger partial charge in [-0.2, -0.15) is 0 Å². The second-order valence-corrected chi connectivity index (χ2v) is 4.71. The van der Waals surface area contributed by atoms with Gasteiger partial charge in [0.1, 0.15) is 5.76 Å². The van der Waals surface area contributed by atoms with Crippen LogP contribution in [-0.4, -0.2) is 16.9 Å². The average Bonchev–Trinajstić information content (AvgIpc) is 2.76. The summed E-state index contributed by atoms with van der Waals surface area (Å²) in [6.07, 6.45) is 0. The van der Waals surface area contributed by atoms with E-state index in [0.717, 1.165) is 17.1 Å². The molecule has 1 atom stereocenters. The summed E-state index contributed by atoms with van der Waals surface area (Å²) in [4.78, 5) is 16.2. The normalized spacial score (nSPS) is 12.2. The largest absolute Gasteiger partial charge is 0.444 e. The molecule has 0 fully saturated rings. The van der Waals surface area contributed by atoms with Crippen LogP contribution < -0.4 is 10.6 Å². The highest BCUT2D eigenvalue weighted by molar-refractivity contribution is 5.94. The van der Waals surface area contributed by atoms with Gasteiger partial charge in [0, 0.05) is 5.69 Å². The van der Waals surface area contributed by atoms with E-state index in [0.29, 0.717) is 12.4 Å². The minimum absolute atomic E-state index is 0.0869. The van der Waals surface area contributed by atoms with Crippen molar-refractivity contribution in [2.24, 2.45) is 0 Å². The predicted octanol–water partition coefficient (Wildman–Crippen LogP) is 2.41. The summed E-state index contributed by atoms with van der Waals surface area (Å²) in [5, 5.41) is 5.93.